The van der Waals surface area contributed by atoms with Crippen LogP contribution >= 0.6 is 0 Å². The second kappa shape index (κ2) is 5.72. The van der Waals surface area contributed by atoms with Gasteiger partial charge in [-0.3, -0.25) is 4.79 Å². The highest BCUT2D eigenvalue weighted by Gasteiger charge is 2.13. The predicted molar refractivity (Wildman–Crippen MR) is 87.2 cm³/mol. The summed E-state index contributed by atoms with van der Waals surface area (Å²) in [7, 11) is 0. The number of hydrogen-bond donors (Lipinski definition) is 1. The number of hydrogen-bond acceptors (Lipinski definition) is 2. The molecule has 0 amide bonds. The molecule has 0 atom stereocenters. The Balaban J connectivity index is 1.80. The first-order valence-corrected chi connectivity index (χ1v) is 7.59. The van der Waals surface area contributed by atoms with Crippen molar-refractivity contribution in [1.29, 1.82) is 0 Å². The lowest BCUT2D eigenvalue weighted by Crippen LogP contribution is -2.13. The van der Waals surface area contributed by atoms with Crippen LogP contribution in [0.3, 0.4) is 0 Å². The van der Waals surface area contributed by atoms with Crippen molar-refractivity contribution in [1.82, 2.24) is 0 Å². The molecule has 0 unspecified atom stereocenters. The molecule has 2 aromatic carbocycles. The van der Waals surface area contributed by atoms with Gasteiger partial charge in [0.1, 0.15) is 0 Å². The van der Waals surface area contributed by atoms with Crippen LogP contribution in [0.15, 0.2) is 36.4 Å². The summed E-state index contributed by atoms with van der Waals surface area (Å²) >= 11 is 0. The molecule has 0 aromatic heterocycles. The Bertz CT molecular complexity index is 688. The minimum atomic E-state index is 0.201. The van der Waals surface area contributed by atoms with Gasteiger partial charge < -0.3 is 5.32 Å². The lowest BCUT2D eigenvalue weighted by atomic mass is 9.96. The third-order valence-corrected chi connectivity index (χ3v) is 4.30. The third kappa shape index (κ3) is 2.99. The van der Waals surface area contributed by atoms with Crippen molar-refractivity contribution in [2.75, 3.05) is 11.9 Å². The normalized spacial score (nSPS) is 13.4. The van der Waals surface area contributed by atoms with Crippen LogP contribution in [0.4, 0.5) is 5.69 Å². The number of carbonyl (C=O) groups excluding carboxylic acids is 1. The Morgan fingerprint density at radius 2 is 1.95 bits per heavy atom. The molecule has 2 heteroatoms. The van der Waals surface area contributed by atoms with Gasteiger partial charge >= 0.3 is 0 Å². The summed E-state index contributed by atoms with van der Waals surface area (Å²) in [6.07, 6.45) is 2.68. The van der Waals surface area contributed by atoms with Crippen LogP contribution in [0.25, 0.3) is 0 Å². The number of anilines is 1. The Morgan fingerprint density at radius 3 is 2.76 bits per heavy atom. The van der Waals surface area contributed by atoms with E-state index < -0.39 is 0 Å². The fraction of sp³-hybridized carbons (Fsp3) is 0.316. The number of fused-ring (bicyclic) bond motifs is 1. The molecule has 0 saturated carbocycles. The minimum absolute atomic E-state index is 0.201. The number of Topliss-reactive ketones (excluding diaryl/α,β-unsaturated/α-hetero) is 1. The van der Waals surface area contributed by atoms with Crippen molar-refractivity contribution in [3.05, 3.63) is 64.2 Å². The summed E-state index contributed by atoms with van der Waals surface area (Å²) < 4.78 is 0. The molecule has 2 aromatic rings. The van der Waals surface area contributed by atoms with Crippen LogP contribution in [0, 0.1) is 13.8 Å². The monoisotopic (exact) mass is 279 g/mol. The summed E-state index contributed by atoms with van der Waals surface area (Å²) in [5.74, 6) is 0.201. The van der Waals surface area contributed by atoms with Gasteiger partial charge in [-0.1, -0.05) is 18.2 Å². The van der Waals surface area contributed by atoms with E-state index in [1.54, 1.807) is 0 Å². The van der Waals surface area contributed by atoms with Crippen LogP contribution in [0.2, 0.25) is 0 Å². The van der Waals surface area contributed by atoms with Crippen LogP contribution in [-0.4, -0.2) is 12.3 Å². The van der Waals surface area contributed by atoms with Gasteiger partial charge in [0.15, 0.2) is 5.78 Å². The summed E-state index contributed by atoms with van der Waals surface area (Å²) in [6, 6.07) is 12.3. The first-order chi connectivity index (χ1) is 10.1. The maximum absolute atomic E-state index is 12.5. The number of carbonyl (C=O) groups is 1. The second-order valence-corrected chi connectivity index (χ2v) is 5.92. The molecule has 21 heavy (non-hydrogen) atoms. The van der Waals surface area contributed by atoms with Gasteiger partial charge in [-0.15, -0.1) is 0 Å². The molecular weight excluding hydrogens is 258 g/mol. The van der Waals surface area contributed by atoms with Crippen LogP contribution in [0.1, 0.15) is 39.0 Å². The average Bonchev–Trinajstić information content (AvgIpc) is 2.50. The molecule has 0 spiro atoms. The Hall–Kier alpha value is -2.09. The average molecular weight is 279 g/mol. The molecular formula is C19H21NO. The van der Waals surface area contributed by atoms with Crippen LogP contribution in [0.5, 0.6) is 0 Å². The zero-order chi connectivity index (χ0) is 14.8. The third-order valence-electron chi connectivity index (χ3n) is 4.30. The zero-order valence-electron chi connectivity index (χ0n) is 12.7. The van der Waals surface area contributed by atoms with Crippen molar-refractivity contribution < 1.29 is 4.79 Å². The first-order valence-electron chi connectivity index (χ1n) is 7.59. The van der Waals surface area contributed by atoms with Gasteiger partial charge in [-0.25, -0.2) is 0 Å². The van der Waals surface area contributed by atoms with Crippen molar-refractivity contribution in [3.63, 3.8) is 0 Å². The van der Waals surface area contributed by atoms with Crippen molar-refractivity contribution in [3.8, 4) is 0 Å². The highest BCUT2D eigenvalue weighted by Crippen LogP contribution is 2.23. The van der Waals surface area contributed by atoms with Crippen molar-refractivity contribution in [2.45, 2.75) is 33.1 Å². The zero-order valence-corrected chi connectivity index (χ0v) is 12.7. The van der Waals surface area contributed by atoms with Gasteiger partial charge in [-0.2, -0.15) is 0 Å². The van der Waals surface area contributed by atoms with E-state index in [-0.39, 0.29) is 5.78 Å². The molecule has 1 aliphatic heterocycles. The lowest BCUT2D eigenvalue weighted by Gasteiger charge is -2.18. The number of ketones is 1. The van der Waals surface area contributed by atoms with Gasteiger partial charge in [0.05, 0.1) is 0 Å². The summed E-state index contributed by atoms with van der Waals surface area (Å²) in [5, 5.41) is 3.38. The Kier molecular flexibility index (Phi) is 3.78. The fourth-order valence-electron chi connectivity index (χ4n) is 2.85. The SMILES string of the molecule is Cc1ccc(CC(=O)c2ccc3c(c2)CCCN3)cc1C. The second-order valence-electron chi connectivity index (χ2n) is 5.92. The highest BCUT2D eigenvalue weighted by molar-refractivity contribution is 5.98. The molecule has 0 fully saturated rings. The van der Waals surface area contributed by atoms with E-state index in [0.29, 0.717) is 6.42 Å². The molecule has 108 valence electrons. The molecule has 0 bridgehead atoms. The minimum Gasteiger partial charge on any atom is -0.385 e. The molecule has 1 N–H and O–H groups in total. The van der Waals surface area contributed by atoms with E-state index in [2.05, 4.69) is 43.4 Å². The van der Waals surface area contributed by atoms with E-state index in [1.807, 2.05) is 12.1 Å². The van der Waals surface area contributed by atoms with Gasteiger partial charge in [-0.05, 0) is 67.1 Å². The summed E-state index contributed by atoms with van der Waals surface area (Å²) in [4.78, 5) is 12.5. The van der Waals surface area contributed by atoms with E-state index in [9.17, 15) is 4.79 Å². The first kappa shape index (κ1) is 13.9. The van der Waals surface area contributed by atoms with E-state index in [4.69, 9.17) is 0 Å². The molecule has 0 saturated heterocycles. The highest BCUT2D eigenvalue weighted by atomic mass is 16.1. The smallest absolute Gasteiger partial charge is 0.167 e. The Morgan fingerprint density at radius 1 is 1.10 bits per heavy atom. The maximum atomic E-state index is 12.5. The van der Waals surface area contributed by atoms with E-state index in [0.717, 1.165) is 30.5 Å². The molecule has 0 radical (unpaired) electrons. The number of rotatable bonds is 3. The largest absolute Gasteiger partial charge is 0.385 e. The standard InChI is InChI=1S/C19H21NO/c1-13-5-6-15(10-14(13)2)11-19(21)17-7-8-18-16(12-17)4-3-9-20-18/h5-8,10,12,20H,3-4,9,11H2,1-2H3. The molecule has 2 nitrogen and oxygen atoms in total. The van der Waals surface area contributed by atoms with E-state index >= 15 is 0 Å². The number of nitrogens with one attached hydrogen (secondary N) is 1. The van der Waals surface area contributed by atoms with Crippen LogP contribution in [-0.2, 0) is 12.8 Å². The van der Waals surface area contributed by atoms with Gasteiger partial charge in [0.2, 0.25) is 0 Å². The molecule has 0 aliphatic carbocycles. The molecule has 1 aliphatic rings. The molecule has 1 heterocycles. The van der Waals surface area contributed by atoms with Crippen LogP contribution < -0.4 is 5.32 Å². The topological polar surface area (TPSA) is 29.1 Å². The van der Waals surface area contributed by atoms with Crippen molar-refractivity contribution >= 4 is 11.5 Å². The summed E-state index contributed by atoms with van der Waals surface area (Å²) in [6.45, 7) is 5.22. The van der Waals surface area contributed by atoms with Crippen molar-refractivity contribution in [2.24, 2.45) is 0 Å². The number of aryl methyl sites for hydroxylation is 3. The lowest BCUT2D eigenvalue weighted by molar-refractivity contribution is 0.0993. The van der Waals surface area contributed by atoms with Gasteiger partial charge in [0.25, 0.3) is 0 Å². The molecule has 3 rings (SSSR count). The Labute approximate surface area is 126 Å². The fourth-order valence-corrected chi connectivity index (χ4v) is 2.85. The van der Waals surface area contributed by atoms with E-state index in [1.165, 1.54) is 22.4 Å². The maximum Gasteiger partial charge on any atom is 0.167 e. The number of benzene rings is 2. The quantitative estimate of drug-likeness (QED) is 0.857. The summed E-state index contributed by atoms with van der Waals surface area (Å²) in [5.41, 5.74) is 6.90. The van der Waals surface area contributed by atoms with Gasteiger partial charge in [0, 0.05) is 24.2 Å². The predicted octanol–water partition coefficient (Wildman–Crippen LogP) is 4.09.